The summed E-state index contributed by atoms with van der Waals surface area (Å²) >= 11 is 1.64. The van der Waals surface area contributed by atoms with Gasteiger partial charge in [-0.1, -0.05) is 6.07 Å². The van der Waals surface area contributed by atoms with Crippen molar-refractivity contribution in [2.45, 2.75) is 18.9 Å². The Morgan fingerprint density at radius 1 is 1.44 bits per heavy atom. The molecule has 0 fully saturated rings. The third-order valence-electron chi connectivity index (χ3n) is 2.55. The molecule has 1 aromatic heterocycles. The minimum atomic E-state index is -0.951. The topological polar surface area (TPSA) is 69.6 Å². The van der Waals surface area contributed by atoms with Gasteiger partial charge in [-0.25, -0.2) is 0 Å². The molecule has 1 amide bonds. The first-order valence-electron chi connectivity index (χ1n) is 5.69. The number of rotatable bonds is 7. The van der Waals surface area contributed by atoms with E-state index >= 15 is 0 Å². The SMILES string of the molecule is CN(C)C(CNC(=O)CCC(=O)O)c1cccs1. The van der Waals surface area contributed by atoms with Crippen LogP contribution in [0.25, 0.3) is 0 Å². The van der Waals surface area contributed by atoms with Crippen molar-refractivity contribution in [2.75, 3.05) is 20.6 Å². The van der Waals surface area contributed by atoms with Crippen molar-refractivity contribution in [1.29, 1.82) is 0 Å². The van der Waals surface area contributed by atoms with Crippen LogP contribution in [0.15, 0.2) is 17.5 Å². The summed E-state index contributed by atoms with van der Waals surface area (Å²) in [5.41, 5.74) is 0. The van der Waals surface area contributed by atoms with E-state index in [2.05, 4.69) is 5.32 Å². The van der Waals surface area contributed by atoms with Gasteiger partial charge in [-0.15, -0.1) is 11.3 Å². The van der Waals surface area contributed by atoms with Gasteiger partial charge < -0.3 is 15.3 Å². The largest absolute Gasteiger partial charge is 0.481 e. The summed E-state index contributed by atoms with van der Waals surface area (Å²) in [5, 5.41) is 13.3. The lowest BCUT2D eigenvalue weighted by atomic mass is 10.2. The Kier molecular flexibility index (Phi) is 5.80. The highest BCUT2D eigenvalue weighted by Crippen LogP contribution is 2.22. The Hall–Kier alpha value is -1.40. The molecule has 0 aliphatic carbocycles. The first-order valence-corrected chi connectivity index (χ1v) is 6.57. The number of hydrogen-bond donors (Lipinski definition) is 2. The van der Waals surface area contributed by atoms with E-state index in [1.54, 1.807) is 11.3 Å². The molecule has 100 valence electrons. The minimum Gasteiger partial charge on any atom is -0.481 e. The number of nitrogens with zero attached hydrogens (tertiary/aromatic N) is 1. The van der Waals surface area contributed by atoms with Gasteiger partial charge in [0.15, 0.2) is 0 Å². The standard InChI is InChI=1S/C12H18N2O3S/c1-14(2)9(10-4-3-7-18-10)8-13-11(15)5-6-12(16)17/h3-4,7,9H,5-6,8H2,1-2H3,(H,13,15)(H,16,17). The van der Waals surface area contributed by atoms with Crippen LogP contribution in [0, 0.1) is 0 Å². The predicted molar refractivity (Wildman–Crippen MR) is 70.6 cm³/mol. The van der Waals surface area contributed by atoms with Crippen LogP contribution in [0.1, 0.15) is 23.8 Å². The molecule has 0 spiro atoms. The average molecular weight is 270 g/mol. The van der Waals surface area contributed by atoms with Crippen LogP contribution in [0.4, 0.5) is 0 Å². The van der Waals surface area contributed by atoms with Crippen LogP contribution in [0.3, 0.4) is 0 Å². The molecule has 1 aromatic rings. The third-order valence-corrected chi connectivity index (χ3v) is 3.53. The summed E-state index contributed by atoms with van der Waals surface area (Å²) in [6.07, 6.45) is -0.0998. The quantitative estimate of drug-likeness (QED) is 0.784. The van der Waals surface area contributed by atoms with Crippen molar-refractivity contribution >= 4 is 23.2 Å². The summed E-state index contributed by atoms with van der Waals surface area (Å²) in [6.45, 7) is 0.492. The van der Waals surface area contributed by atoms with Crippen molar-refractivity contribution in [2.24, 2.45) is 0 Å². The number of nitrogens with one attached hydrogen (secondary N) is 1. The van der Waals surface area contributed by atoms with Crippen LogP contribution in [-0.4, -0.2) is 42.5 Å². The van der Waals surface area contributed by atoms with Gasteiger partial charge in [0.05, 0.1) is 12.5 Å². The number of carbonyl (C=O) groups excluding carboxylic acids is 1. The van der Waals surface area contributed by atoms with Gasteiger partial charge in [0.2, 0.25) is 5.91 Å². The zero-order valence-electron chi connectivity index (χ0n) is 10.5. The van der Waals surface area contributed by atoms with Crippen LogP contribution in [0.5, 0.6) is 0 Å². The number of carboxylic acids is 1. The van der Waals surface area contributed by atoms with Crippen molar-refractivity contribution in [1.82, 2.24) is 10.2 Å². The fourth-order valence-electron chi connectivity index (χ4n) is 1.54. The predicted octanol–water partition coefficient (Wildman–Crippen LogP) is 1.33. The van der Waals surface area contributed by atoms with Crippen molar-refractivity contribution in [3.05, 3.63) is 22.4 Å². The Morgan fingerprint density at radius 2 is 2.17 bits per heavy atom. The highest BCUT2D eigenvalue weighted by molar-refractivity contribution is 7.10. The maximum absolute atomic E-state index is 11.5. The van der Waals surface area contributed by atoms with E-state index in [0.29, 0.717) is 6.54 Å². The monoisotopic (exact) mass is 270 g/mol. The second kappa shape index (κ2) is 7.13. The molecule has 0 saturated carbocycles. The summed E-state index contributed by atoms with van der Waals surface area (Å²) < 4.78 is 0. The Bertz CT molecular complexity index is 390. The summed E-state index contributed by atoms with van der Waals surface area (Å²) in [5.74, 6) is -1.17. The van der Waals surface area contributed by atoms with Crippen LogP contribution in [-0.2, 0) is 9.59 Å². The zero-order chi connectivity index (χ0) is 13.5. The van der Waals surface area contributed by atoms with Crippen LogP contribution < -0.4 is 5.32 Å². The van der Waals surface area contributed by atoms with E-state index in [1.165, 1.54) is 4.88 Å². The Morgan fingerprint density at radius 3 is 2.67 bits per heavy atom. The maximum atomic E-state index is 11.5. The number of aliphatic carboxylic acids is 1. The summed E-state index contributed by atoms with van der Waals surface area (Å²) in [6, 6.07) is 4.13. The van der Waals surface area contributed by atoms with E-state index in [9.17, 15) is 9.59 Å². The van der Waals surface area contributed by atoms with Crippen molar-refractivity contribution in [3.63, 3.8) is 0 Å². The van der Waals surface area contributed by atoms with Gasteiger partial charge in [0.1, 0.15) is 0 Å². The summed E-state index contributed by atoms with van der Waals surface area (Å²) in [4.78, 5) is 25.0. The average Bonchev–Trinajstić information content (AvgIpc) is 2.79. The van der Waals surface area contributed by atoms with Gasteiger partial charge in [-0.3, -0.25) is 9.59 Å². The number of carbonyl (C=O) groups is 2. The van der Waals surface area contributed by atoms with Gasteiger partial charge in [-0.2, -0.15) is 0 Å². The molecule has 0 aliphatic heterocycles. The number of likely N-dealkylation sites (N-methyl/N-ethyl adjacent to an activating group) is 1. The molecule has 0 radical (unpaired) electrons. The molecule has 1 unspecified atom stereocenters. The second-order valence-corrected chi connectivity index (χ2v) is 5.17. The summed E-state index contributed by atoms with van der Waals surface area (Å²) in [7, 11) is 3.90. The lowest BCUT2D eigenvalue weighted by Gasteiger charge is -2.23. The van der Waals surface area contributed by atoms with Gasteiger partial charge >= 0.3 is 5.97 Å². The molecule has 6 heteroatoms. The molecular weight excluding hydrogens is 252 g/mol. The molecule has 0 saturated heterocycles. The van der Waals surface area contributed by atoms with E-state index in [4.69, 9.17) is 5.11 Å². The van der Waals surface area contributed by atoms with Crippen molar-refractivity contribution in [3.8, 4) is 0 Å². The minimum absolute atomic E-state index is 0.0277. The van der Waals surface area contributed by atoms with Crippen molar-refractivity contribution < 1.29 is 14.7 Å². The lowest BCUT2D eigenvalue weighted by Crippen LogP contribution is -2.34. The smallest absolute Gasteiger partial charge is 0.303 e. The first-order chi connectivity index (χ1) is 8.50. The number of amides is 1. The van der Waals surface area contributed by atoms with Gasteiger partial charge in [0.25, 0.3) is 0 Å². The van der Waals surface area contributed by atoms with E-state index < -0.39 is 5.97 Å². The molecule has 0 aromatic carbocycles. The third kappa shape index (κ3) is 4.85. The molecular formula is C12H18N2O3S. The molecule has 1 heterocycles. The number of hydrogen-bond acceptors (Lipinski definition) is 4. The molecule has 2 N–H and O–H groups in total. The van der Waals surface area contributed by atoms with Gasteiger partial charge in [-0.05, 0) is 25.5 Å². The second-order valence-electron chi connectivity index (χ2n) is 4.19. The van der Waals surface area contributed by atoms with Crippen LogP contribution >= 0.6 is 11.3 Å². The van der Waals surface area contributed by atoms with Gasteiger partial charge in [0, 0.05) is 17.8 Å². The van der Waals surface area contributed by atoms with E-state index in [1.807, 2.05) is 36.5 Å². The number of thiophene rings is 1. The van der Waals surface area contributed by atoms with E-state index in [0.717, 1.165) is 0 Å². The molecule has 1 rings (SSSR count). The molecule has 18 heavy (non-hydrogen) atoms. The lowest BCUT2D eigenvalue weighted by molar-refractivity contribution is -0.138. The maximum Gasteiger partial charge on any atom is 0.303 e. The molecule has 1 atom stereocenters. The normalized spacial score (nSPS) is 12.4. The van der Waals surface area contributed by atoms with Crippen LogP contribution in [0.2, 0.25) is 0 Å². The fourth-order valence-corrected chi connectivity index (χ4v) is 2.46. The Balaban J connectivity index is 2.44. The highest BCUT2D eigenvalue weighted by atomic mass is 32.1. The first kappa shape index (κ1) is 14.7. The highest BCUT2D eigenvalue weighted by Gasteiger charge is 2.16. The molecule has 5 nitrogen and oxygen atoms in total. The molecule has 0 aliphatic rings. The number of carboxylic acid groups (broad SMARTS) is 1. The van der Waals surface area contributed by atoms with E-state index in [-0.39, 0.29) is 24.8 Å². The Labute approximate surface area is 110 Å². The molecule has 0 bridgehead atoms. The fraction of sp³-hybridized carbons (Fsp3) is 0.500. The zero-order valence-corrected chi connectivity index (χ0v) is 11.4.